The first-order valence-electron chi connectivity index (χ1n) is 5.44. The average Bonchev–Trinajstić information content (AvgIpc) is 2.15. The highest BCUT2D eigenvalue weighted by atomic mass is 14.6. The van der Waals surface area contributed by atoms with Gasteiger partial charge in [-0.25, -0.2) is 0 Å². The molecule has 1 atom stereocenters. The van der Waals surface area contributed by atoms with E-state index in [1.807, 2.05) is 0 Å². The highest BCUT2D eigenvalue weighted by Crippen LogP contribution is 2.20. The quantitative estimate of drug-likeness (QED) is 0.777. The molecule has 1 aromatic carbocycles. The standard InChI is InChI=1S/C13H21N/c1-10(2)13-7-5-4-6-12(13)9-8-11(3)14/h4-7,10-11H,8-9,14H2,1-3H3/t11-/m1/s1. The fourth-order valence-corrected chi connectivity index (χ4v) is 1.71. The molecule has 78 valence electrons. The van der Waals surface area contributed by atoms with Gasteiger partial charge < -0.3 is 5.73 Å². The highest BCUT2D eigenvalue weighted by molar-refractivity contribution is 5.29. The van der Waals surface area contributed by atoms with Gasteiger partial charge in [0.25, 0.3) is 0 Å². The van der Waals surface area contributed by atoms with Crippen LogP contribution >= 0.6 is 0 Å². The van der Waals surface area contributed by atoms with Crippen molar-refractivity contribution in [3.63, 3.8) is 0 Å². The Labute approximate surface area is 87.3 Å². The van der Waals surface area contributed by atoms with Crippen LogP contribution in [-0.4, -0.2) is 6.04 Å². The molecule has 0 unspecified atom stereocenters. The third-order valence-electron chi connectivity index (χ3n) is 2.55. The number of rotatable bonds is 4. The molecule has 0 radical (unpaired) electrons. The molecule has 0 aliphatic carbocycles. The molecule has 0 bridgehead atoms. The van der Waals surface area contributed by atoms with E-state index in [0.717, 1.165) is 12.8 Å². The van der Waals surface area contributed by atoms with Crippen LogP contribution in [0.3, 0.4) is 0 Å². The first-order valence-corrected chi connectivity index (χ1v) is 5.44. The van der Waals surface area contributed by atoms with Crippen LogP contribution in [0, 0.1) is 0 Å². The Morgan fingerprint density at radius 1 is 1.14 bits per heavy atom. The van der Waals surface area contributed by atoms with E-state index in [2.05, 4.69) is 45.0 Å². The summed E-state index contributed by atoms with van der Waals surface area (Å²) in [5.74, 6) is 0.610. The molecule has 0 aliphatic rings. The smallest absolute Gasteiger partial charge is 0.00136 e. The van der Waals surface area contributed by atoms with Crippen molar-refractivity contribution in [2.75, 3.05) is 0 Å². The van der Waals surface area contributed by atoms with Crippen LogP contribution in [-0.2, 0) is 6.42 Å². The summed E-state index contributed by atoms with van der Waals surface area (Å²) in [6, 6.07) is 8.97. The van der Waals surface area contributed by atoms with E-state index in [1.165, 1.54) is 11.1 Å². The number of nitrogens with two attached hydrogens (primary N) is 1. The summed E-state index contributed by atoms with van der Waals surface area (Å²) in [5.41, 5.74) is 8.69. The Morgan fingerprint density at radius 3 is 2.36 bits per heavy atom. The zero-order valence-electron chi connectivity index (χ0n) is 9.46. The minimum atomic E-state index is 0.301. The number of hydrogen-bond donors (Lipinski definition) is 1. The molecule has 1 rings (SSSR count). The first kappa shape index (κ1) is 11.3. The van der Waals surface area contributed by atoms with Gasteiger partial charge in [-0.2, -0.15) is 0 Å². The van der Waals surface area contributed by atoms with Crippen molar-refractivity contribution in [3.8, 4) is 0 Å². The van der Waals surface area contributed by atoms with Crippen LogP contribution in [0.1, 0.15) is 44.2 Å². The Morgan fingerprint density at radius 2 is 1.79 bits per heavy atom. The predicted octanol–water partition coefficient (Wildman–Crippen LogP) is 3.09. The minimum absolute atomic E-state index is 0.301. The van der Waals surface area contributed by atoms with Gasteiger partial charge in [0.05, 0.1) is 0 Å². The maximum Gasteiger partial charge on any atom is 0.00136 e. The van der Waals surface area contributed by atoms with Crippen LogP contribution in [0.15, 0.2) is 24.3 Å². The molecule has 1 aromatic rings. The summed E-state index contributed by atoms with van der Waals surface area (Å²) in [4.78, 5) is 0. The van der Waals surface area contributed by atoms with Crippen LogP contribution in [0.25, 0.3) is 0 Å². The first-order chi connectivity index (χ1) is 6.61. The van der Waals surface area contributed by atoms with Crippen molar-refractivity contribution in [3.05, 3.63) is 35.4 Å². The summed E-state index contributed by atoms with van der Waals surface area (Å²) < 4.78 is 0. The molecule has 1 heteroatoms. The number of aryl methyl sites for hydroxylation is 1. The Hall–Kier alpha value is -0.820. The zero-order valence-corrected chi connectivity index (χ0v) is 9.46. The molecule has 0 aromatic heterocycles. The Balaban J connectivity index is 2.74. The topological polar surface area (TPSA) is 26.0 Å². The largest absolute Gasteiger partial charge is 0.328 e. The van der Waals surface area contributed by atoms with Gasteiger partial charge in [0.1, 0.15) is 0 Å². The second-order valence-electron chi connectivity index (χ2n) is 4.37. The van der Waals surface area contributed by atoms with E-state index in [9.17, 15) is 0 Å². The van der Waals surface area contributed by atoms with Gasteiger partial charge >= 0.3 is 0 Å². The molecule has 0 heterocycles. The summed E-state index contributed by atoms with van der Waals surface area (Å²) in [7, 11) is 0. The summed E-state index contributed by atoms with van der Waals surface area (Å²) in [5, 5.41) is 0. The van der Waals surface area contributed by atoms with Crippen LogP contribution in [0.4, 0.5) is 0 Å². The molecule has 0 fully saturated rings. The lowest BCUT2D eigenvalue weighted by Gasteiger charge is -2.13. The summed E-state index contributed by atoms with van der Waals surface area (Å²) in [6.07, 6.45) is 2.18. The van der Waals surface area contributed by atoms with E-state index in [4.69, 9.17) is 5.73 Å². The lowest BCUT2D eigenvalue weighted by atomic mass is 9.94. The van der Waals surface area contributed by atoms with Gasteiger partial charge in [0, 0.05) is 6.04 Å². The maximum absolute atomic E-state index is 5.77. The molecule has 14 heavy (non-hydrogen) atoms. The molecule has 0 aliphatic heterocycles. The van der Waals surface area contributed by atoms with Crippen molar-refractivity contribution in [1.82, 2.24) is 0 Å². The van der Waals surface area contributed by atoms with E-state index in [1.54, 1.807) is 0 Å². The van der Waals surface area contributed by atoms with Gasteiger partial charge in [0.2, 0.25) is 0 Å². The second kappa shape index (κ2) is 5.16. The third kappa shape index (κ3) is 3.15. The van der Waals surface area contributed by atoms with E-state index >= 15 is 0 Å². The second-order valence-corrected chi connectivity index (χ2v) is 4.37. The summed E-state index contributed by atoms with van der Waals surface area (Å²) in [6.45, 7) is 6.55. The van der Waals surface area contributed by atoms with Crippen molar-refractivity contribution in [2.24, 2.45) is 5.73 Å². The monoisotopic (exact) mass is 191 g/mol. The molecule has 0 saturated heterocycles. The zero-order chi connectivity index (χ0) is 10.6. The van der Waals surface area contributed by atoms with Crippen molar-refractivity contribution in [1.29, 1.82) is 0 Å². The Bertz CT molecular complexity index is 276. The van der Waals surface area contributed by atoms with Gasteiger partial charge in [-0.05, 0) is 36.8 Å². The van der Waals surface area contributed by atoms with Gasteiger partial charge in [0.15, 0.2) is 0 Å². The van der Waals surface area contributed by atoms with Gasteiger partial charge in [-0.15, -0.1) is 0 Å². The molecule has 0 amide bonds. The maximum atomic E-state index is 5.77. The van der Waals surface area contributed by atoms with Crippen LogP contribution < -0.4 is 5.73 Å². The number of hydrogen-bond acceptors (Lipinski definition) is 1. The molecule has 2 N–H and O–H groups in total. The normalized spacial score (nSPS) is 13.2. The number of benzene rings is 1. The van der Waals surface area contributed by atoms with Crippen LogP contribution in [0.2, 0.25) is 0 Å². The molecule has 0 spiro atoms. The van der Waals surface area contributed by atoms with E-state index < -0.39 is 0 Å². The molecule has 0 saturated carbocycles. The van der Waals surface area contributed by atoms with E-state index in [-0.39, 0.29) is 0 Å². The lowest BCUT2D eigenvalue weighted by Crippen LogP contribution is -2.15. The predicted molar refractivity (Wildman–Crippen MR) is 62.5 cm³/mol. The van der Waals surface area contributed by atoms with Crippen molar-refractivity contribution >= 4 is 0 Å². The van der Waals surface area contributed by atoms with Gasteiger partial charge in [-0.1, -0.05) is 38.1 Å². The molecular weight excluding hydrogens is 170 g/mol. The molecular formula is C13H21N. The SMILES string of the molecule is CC(C)c1ccccc1CC[C@@H](C)N. The van der Waals surface area contributed by atoms with Gasteiger partial charge in [-0.3, -0.25) is 0 Å². The highest BCUT2D eigenvalue weighted by Gasteiger charge is 2.05. The minimum Gasteiger partial charge on any atom is -0.328 e. The summed E-state index contributed by atoms with van der Waals surface area (Å²) >= 11 is 0. The van der Waals surface area contributed by atoms with Crippen molar-refractivity contribution < 1.29 is 0 Å². The van der Waals surface area contributed by atoms with Crippen molar-refractivity contribution in [2.45, 2.75) is 45.6 Å². The van der Waals surface area contributed by atoms with E-state index in [0.29, 0.717) is 12.0 Å². The average molecular weight is 191 g/mol. The molecule has 1 nitrogen and oxygen atoms in total. The Kier molecular flexibility index (Phi) is 4.15. The lowest BCUT2D eigenvalue weighted by molar-refractivity contribution is 0.660. The fourth-order valence-electron chi connectivity index (χ4n) is 1.71. The van der Waals surface area contributed by atoms with Crippen LogP contribution in [0.5, 0.6) is 0 Å². The fraction of sp³-hybridized carbons (Fsp3) is 0.538. The third-order valence-corrected chi connectivity index (χ3v) is 2.55.